The van der Waals surface area contributed by atoms with Gasteiger partial charge in [0.15, 0.2) is 0 Å². The molecule has 0 radical (unpaired) electrons. The van der Waals surface area contributed by atoms with Crippen LogP contribution in [0.25, 0.3) is 0 Å². The Morgan fingerprint density at radius 1 is 1.50 bits per heavy atom. The summed E-state index contributed by atoms with van der Waals surface area (Å²) in [6, 6.07) is 0.582. The molecule has 0 bridgehead atoms. The Balaban J connectivity index is 2.02. The lowest BCUT2D eigenvalue weighted by Gasteiger charge is -2.39. The maximum absolute atomic E-state index is 3.86. The molecular weight excluding hydrogens is 194 g/mol. The fraction of sp³-hybridized carbons (Fsp3) is 0.800. The molecule has 0 aromatic carbocycles. The third-order valence-corrected chi connectivity index (χ3v) is 3.78. The maximum Gasteiger partial charge on any atom is 0.130 e. The van der Waals surface area contributed by atoms with E-state index >= 15 is 0 Å². The van der Waals surface area contributed by atoms with Crippen LogP contribution in [0.1, 0.15) is 39.5 Å². The molecule has 0 aliphatic heterocycles. The fourth-order valence-electron chi connectivity index (χ4n) is 2.16. The first-order valence-electron chi connectivity index (χ1n) is 5.22. The van der Waals surface area contributed by atoms with Crippen molar-refractivity contribution >= 4 is 16.5 Å². The first-order valence-corrected chi connectivity index (χ1v) is 6.00. The molecule has 1 aliphatic rings. The Labute approximate surface area is 89.1 Å². The van der Waals surface area contributed by atoms with Crippen molar-refractivity contribution in [2.24, 2.45) is 5.41 Å². The second kappa shape index (κ2) is 3.85. The number of nitrogens with zero attached hydrogens (tertiary/aromatic N) is 2. The lowest BCUT2D eigenvalue weighted by Crippen LogP contribution is -2.38. The summed E-state index contributed by atoms with van der Waals surface area (Å²) in [6.45, 7) is 4.69. The van der Waals surface area contributed by atoms with Gasteiger partial charge in [-0.1, -0.05) is 31.2 Å². The summed E-state index contributed by atoms with van der Waals surface area (Å²) in [5, 5.41) is 8.49. The van der Waals surface area contributed by atoms with Crippen LogP contribution in [0, 0.1) is 5.41 Å². The second-order valence-corrected chi connectivity index (χ2v) is 5.50. The summed E-state index contributed by atoms with van der Waals surface area (Å²) >= 11 is 1.45. The van der Waals surface area contributed by atoms with Gasteiger partial charge in [0.05, 0.1) is 6.20 Å². The molecule has 1 saturated carbocycles. The molecule has 78 valence electrons. The molecule has 1 N–H and O–H groups in total. The van der Waals surface area contributed by atoms with Crippen molar-refractivity contribution in [1.82, 2.24) is 9.59 Å². The standard InChI is InChI=1S/C10H17N3S/c1-10(2)6-4-3-5-8(10)12-9-7-11-13-14-9/h7-8,12H,3-6H2,1-2H3. The highest BCUT2D eigenvalue weighted by Gasteiger charge is 2.32. The maximum atomic E-state index is 3.86. The van der Waals surface area contributed by atoms with Crippen LogP contribution >= 0.6 is 11.5 Å². The van der Waals surface area contributed by atoms with Crippen molar-refractivity contribution in [1.29, 1.82) is 0 Å². The smallest absolute Gasteiger partial charge is 0.130 e. The van der Waals surface area contributed by atoms with Gasteiger partial charge in [-0.25, -0.2) is 0 Å². The van der Waals surface area contributed by atoms with Gasteiger partial charge >= 0.3 is 0 Å². The van der Waals surface area contributed by atoms with Crippen molar-refractivity contribution in [3.8, 4) is 0 Å². The van der Waals surface area contributed by atoms with E-state index < -0.39 is 0 Å². The lowest BCUT2D eigenvalue weighted by molar-refractivity contribution is 0.217. The van der Waals surface area contributed by atoms with Gasteiger partial charge in [0, 0.05) is 17.6 Å². The molecule has 2 rings (SSSR count). The van der Waals surface area contributed by atoms with Gasteiger partial charge in [0.1, 0.15) is 5.00 Å². The Bertz CT molecular complexity index is 282. The highest BCUT2D eigenvalue weighted by atomic mass is 32.1. The van der Waals surface area contributed by atoms with Crippen molar-refractivity contribution < 1.29 is 0 Å². The van der Waals surface area contributed by atoms with E-state index in [9.17, 15) is 0 Å². The van der Waals surface area contributed by atoms with Crippen LogP contribution in [0.3, 0.4) is 0 Å². The van der Waals surface area contributed by atoms with Crippen LogP contribution in [-0.2, 0) is 0 Å². The SMILES string of the molecule is CC1(C)CCCCC1Nc1cnns1. The molecule has 3 nitrogen and oxygen atoms in total. The van der Waals surface area contributed by atoms with E-state index in [2.05, 4.69) is 28.8 Å². The minimum absolute atomic E-state index is 0.405. The quantitative estimate of drug-likeness (QED) is 0.817. The van der Waals surface area contributed by atoms with Gasteiger partial charge in [0.2, 0.25) is 0 Å². The fourth-order valence-corrected chi connectivity index (χ4v) is 2.64. The summed E-state index contributed by atoms with van der Waals surface area (Å²) in [5.74, 6) is 0. The Morgan fingerprint density at radius 2 is 2.36 bits per heavy atom. The molecule has 1 heterocycles. The van der Waals surface area contributed by atoms with Crippen LogP contribution in [0.4, 0.5) is 5.00 Å². The molecule has 4 heteroatoms. The van der Waals surface area contributed by atoms with Crippen molar-refractivity contribution in [3.63, 3.8) is 0 Å². The van der Waals surface area contributed by atoms with Gasteiger partial charge in [-0.2, -0.15) is 0 Å². The van der Waals surface area contributed by atoms with E-state index in [0.717, 1.165) is 5.00 Å². The zero-order valence-electron chi connectivity index (χ0n) is 8.79. The minimum atomic E-state index is 0.405. The average Bonchev–Trinajstić information content (AvgIpc) is 2.61. The summed E-state index contributed by atoms with van der Waals surface area (Å²) < 4.78 is 3.86. The molecule has 0 spiro atoms. The van der Waals surface area contributed by atoms with E-state index in [1.54, 1.807) is 0 Å². The van der Waals surface area contributed by atoms with Crippen LogP contribution in [0.5, 0.6) is 0 Å². The number of hydrogen-bond acceptors (Lipinski definition) is 4. The second-order valence-electron chi connectivity index (χ2n) is 4.71. The number of rotatable bonds is 2. The number of nitrogens with one attached hydrogen (secondary N) is 1. The molecular formula is C10H17N3S. The Hall–Kier alpha value is -0.640. The van der Waals surface area contributed by atoms with E-state index in [-0.39, 0.29) is 0 Å². The first kappa shape index (κ1) is 9.90. The summed E-state index contributed by atoms with van der Waals surface area (Å²) in [7, 11) is 0. The monoisotopic (exact) mass is 211 g/mol. The van der Waals surface area contributed by atoms with Gasteiger partial charge in [-0.05, 0) is 18.3 Å². The van der Waals surface area contributed by atoms with Crippen molar-refractivity contribution in [2.75, 3.05) is 5.32 Å². The highest BCUT2D eigenvalue weighted by molar-refractivity contribution is 7.09. The predicted molar refractivity (Wildman–Crippen MR) is 59.6 cm³/mol. The zero-order chi connectivity index (χ0) is 10.0. The topological polar surface area (TPSA) is 37.8 Å². The molecule has 1 fully saturated rings. The van der Waals surface area contributed by atoms with Crippen LogP contribution < -0.4 is 5.32 Å². The summed E-state index contributed by atoms with van der Waals surface area (Å²) in [6.07, 6.45) is 7.11. The van der Waals surface area contributed by atoms with Crippen molar-refractivity contribution in [3.05, 3.63) is 6.20 Å². The van der Waals surface area contributed by atoms with Crippen LogP contribution in [0.15, 0.2) is 6.20 Å². The molecule has 0 amide bonds. The zero-order valence-corrected chi connectivity index (χ0v) is 9.60. The van der Waals surface area contributed by atoms with Gasteiger partial charge in [-0.15, -0.1) is 5.10 Å². The molecule has 1 aromatic rings. The molecule has 14 heavy (non-hydrogen) atoms. The van der Waals surface area contributed by atoms with Gasteiger partial charge in [-0.3, -0.25) is 0 Å². The van der Waals surface area contributed by atoms with E-state index in [1.807, 2.05) is 6.20 Å². The number of hydrogen-bond donors (Lipinski definition) is 1. The lowest BCUT2D eigenvalue weighted by atomic mass is 9.73. The van der Waals surface area contributed by atoms with E-state index in [4.69, 9.17) is 0 Å². The largest absolute Gasteiger partial charge is 0.371 e. The number of aromatic nitrogens is 2. The first-order chi connectivity index (χ1) is 6.68. The normalized spacial score (nSPS) is 26.0. The molecule has 0 saturated heterocycles. The van der Waals surface area contributed by atoms with Crippen molar-refractivity contribution in [2.45, 2.75) is 45.6 Å². The summed E-state index contributed by atoms with van der Waals surface area (Å²) in [4.78, 5) is 0. The molecule has 1 aliphatic carbocycles. The van der Waals surface area contributed by atoms with E-state index in [0.29, 0.717) is 11.5 Å². The van der Waals surface area contributed by atoms with E-state index in [1.165, 1.54) is 37.2 Å². The van der Waals surface area contributed by atoms with Crippen LogP contribution in [-0.4, -0.2) is 15.6 Å². The summed E-state index contributed by atoms with van der Waals surface area (Å²) in [5.41, 5.74) is 0.405. The Morgan fingerprint density at radius 3 is 3.00 bits per heavy atom. The Kier molecular flexibility index (Phi) is 2.72. The predicted octanol–water partition coefficient (Wildman–Crippen LogP) is 2.92. The van der Waals surface area contributed by atoms with Gasteiger partial charge in [0.25, 0.3) is 0 Å². The highest BCUT2D eigenvalue weighted by Crippen LogP contribution is 2.37. The number of anilines is 1. The minimum Gasteiger partial charge on any atom is -0.371 e. The average molecular weight is 211 g/mol. The molecule has 1 aromatic heterocycles. The molecule has 1 atom stereocenters. The van der Waals surface area contributed by atoms with Gasteiger partial charge < -0.3 is 5.32 Å². The third kappa shape index (κ3) is 2.05. The van der Waals surface area contributed by atoms with Crippen LogP contribution in [0.2, 0.25) is 0 Å². The third-order valence-electron chi connectivity index (χ3n) is 3.19. The molecule has 1 unspecified atom stereocenters.